The summed E-state index contributed by atoms with van der Waals surface area (Å²) in [6.45, 7) is 7.67. The lowest BCUT2D eigenvalue weighted by atomic mass is 9.69. The van der Waals surface area contributed by atoms with Crippen LogP contribution >= 0.6 is 0 Å². The van der Waals surface area contributed by atoms with E-state index in [1.807, 2.05) is 18.2 Å². The normalized spacial score (nSPS) is 24.0. The molecule has 0 bridgehead atoms. The van der Waals surface area contributed by atoms with Crippen LogP contribution in [0.2, 0.25) is 0 Å². The van der Waals surface area contributed by atoms with Gasteiger partial charge in [0.15, 0.2) is 0 Å². The number of benzene rings is 4. The van der Waals surface area contributed by atoms with E-state index in [9.17, 15) is 19.5 Å². The Labute approximate surface area is 335 Å². The molecule has 3 saturated heterocycles. The van der Waals surface area contributed by atoms with E-state index in [0.29, 0.717) is 36.1 Å². The molecule has 10 rings (SSSR count). The second kappa shape index (κ2) is 15.0. The number of rotatable bonds is 7. The monoisotopic (exact) mass is 763 g/mol. The number of anilines is 2. The average Bonchev–Trinajstić information content (AvgIpc) is 3.84. The van der Waals surface area contributed by atoms with Crippen LogP contribution in [0.3, 0.4) is 0 Å². The summed E-state index contributed by atoms with van der Waals surface area (Å²) in [4.78, 5) is 46.6. The second-order valence-corrected chi connectivity index (χ2v) is 17.4. The largest absolute Gasteiger partial charge is 0.508 e. The molecule has 9 nitrogen and oxygen atoms in total. The zero-order chi connectivity index (χ0) is 38.6. The van der Waals surface area contributed by atoms with Gasteiger partial charge in [0.05, 0.1) is 0 Å². The van der Waals surface area contributed by atoms with Gasteiger partial charge in [-0.3, -0.25) is 24.6 Å². The predicted molar refractivity (Wildman–Crippen MR) is 222 cm³/mol. The van der Waals surface area contributed by atoms with Crippen molar-refractivity contribution in [1.29, 1.82) is 0 Å². The Kier molecular flexibility index (Phi) is 9.51. The van der Waals surface area contributed by atoms with Crippen LogP contribution < -0.4 is 15.1 Å². The molecule has 6 aliphatic rings. The minimum Gasteiger partial charge on any atom is -0.508 e. The van der Waals surface area contributed by atoms with Gasteiger partial charge in [0.2, 0.25) is 11.8 Å². The summed E-state index contributed by atoms with van der Waals surface area (Å²) in [5, 5.41) is 12.7. The van der Waals surface area contributed by atoms with Crippen molar-refractivity contribution in [3.05, 3.63) is 123 Å². The van der Waals surface area contributed by atoms with Crippen LogP contribution in [0.5, 0.6) is 5.75 Å². The van der Waals surface area contributed by atoms with Gasteiger partial charge in [-0.25, -0.2) is 0 Å². The molecule has 0 spiro atoms. The lowest BCUT2D eigenvalue weighted by Gasteiger charge is -2.40. The van der Waals surface area contributed by atoms with Gasteiger partial charge in [0.25, 0.3) is 5.91 Å². The number of amides is 3. The van der Waals surface area contributed by atoms with Gasteiger partial charge in [0, 0.05) is 81.6 Å². The quantitative estimate of drug-likeness (QED) is 0.207. The number of nitrogens with zero attached hydrogens (tertiary/aromatic N) is 4. The fourth-order valence-electron chi connectivity index (χ4n) is 11.0. The van der Waals surface area contributed by atoms with E-state index < -0.39 is 6.04 Å². The third-order valence-electron chi connectivity index (χ3n) is 14.1. The van der Waals surface area contributed by atoms with Crippen LogP contribution in [0, 0.1) is 5.92 Å². The molecule has 9 heteroatoms. The van der Waals surface area contributed by atoms with Crippen molar-refractivity contribution in [2.24, 2.45) is 5.92 Å². The molecule has 0 aromatic heterocycles. The maximum absolute atomic E-state index is 13.2. The second-order valence-electron chi connectivity index (χ2n) is 17.4. The Balaban J connectivity index is 0.740. The zero-order valence-corrected chi connectivity index (χ0v) is 32.8. The van der Waals surface area contributed by atoms with E-state index in [4.69, 9.17) is 0 Å². The number of aromatic hydroxyl groups is 1. The van der Waals surface area contributed by atoms with E-state index in [-0.39, 0.29) is 30.1 Å². The highest BCUT2D eigenvalue weighted by molar-refractivity contribution is 6.05. The lowest BCUT2D eigenvalue weighted by Crippen LogP contribution is -2.52. The van der Waals surface area contributed by atoms with Crippen LogP contribution in [0.4, 0.5) is 11.4 Å². The number of hydrogen-bond acceptors (Lipinski definition) is 7. The predicted octanol–water partition coefficient (Wildman–Crippen LogP) is 6.54. The summed E-state index contributed by atoms with van der Waals surface area (Å²) in [6.07, 6.45) is 8.81. The SMILES string of the molecule is O=C1CC[C@H](N2Cc3cc(N4CCN(CC5CCN(c6ccc([C@H]7c8ccc(O)cc8CC[C@H]7c7ccc8c(c7)CCC8)cc6)CC5)CC4)ccc3C2=O)C(=O)N1. The highest BCUT2D eigenvalue weighted by Crippen LogP contribution is 2.48. The molecule has 3 fully saturated rings. The number of aryl methyl sites for hydroxylation is 3. The molecule has 294 valence electrons. The first kappa shape index (κ1) is 36.2. The van der Waals surface area contributed by atoms with Gasteiger partial charge in [-0.05, 0) is 145 Å². The molecule has 2 N–H and O–H groups in total. The van der Waals surface area contributed by atoms with Crippen molar-refractivity contribution in [2.75, 3.05) is 55.6 Å². The topological polar surface area (TPSA) is 96.4 Å². The number of imide groups is 1. The maximum atomic E-state index is 13.2. The Hall–Kier alpha value is -5.15. The van der Waals surface area contributed by atoms with Crippen LogP contribution in [-0.4, -0.2) is 84.5 Å². The van der Waals surface area contributed by atoms with Crippen molar-refractivity contribution in [2.45, 2.75) is 82.2 Å². The highest BCUT2D eigenvalue weighted by atomic mass is 16.3. The average molecular weight is 764 g/mol. The van der Waals surface area contributed by atoms with E-state index in [1.54, 1.807) is 10.5 Å². The first-order valence-electron chi connectivity index (χ1n) is 21.4. The number of nitrogens with one attached hydrogen (secondary N) is 1. The maximum Gasteiger partial charge on any atom is 0.255 e. The molecule has 3 amide bonds. The minimum absolute atomic E-state index is 0.119. The summed E-state index contributed by atoms with van der Waals surface area (Å²) in [7, 11) is 0. The summed E-state index contributed by atoms with van der Waals surface area (Å²) in [5.41, 5.74) is 12.6. The fourth-order valence-corrected chi connectivity index (χ4v) is 11.0. The van der Waals surface area contributed by atoms with Crippen molar-refractivity contribution >= 4 is 29.1 Å². The van der Waals surface area contributed by atoms with Crippen molar-refractivity contribution in [3.8, 4) is 5.75 Å². The van der Waals surface area contributed by atoms with Crippen LogP contribution in [0.15, 0.2) is 78.9 Å². The molecule has 4 aliphatic heterocycles. The molecular weight excluding hydrogens is 711 g/mol. The standard InChI is InChI=1S/C48H53N5O4/c54-40-12-15-42-36(28-40)8-13-41(35-5-4-32-2-1-3-34(32)26-35)46(42)33-6-9-38(10-7-33)51-20-18-31(19-21-51)29-50-22-24-52(25-23-50)39-11-14-43-37(27-39)30-53(48(43)57)44-16-17-45(55)49-47(44)56/h4-7,9-12,14-15,26-28,31,41,44,46,54H,1-3,8,13,16-25,29-30H2,(H,49,55,56)/t41-,44-,46+/m0/s1. The molecule has 3 atom stereocenters. The van der Waals surface area contributed by atoms with Crippen molar-refractivity contribution < 1.29 is 19.5 Å². The lowest BCUT2D eigenvalue weighted by molar-refractivity contribution is -0.136. The van der Waals surface area contributed by atoms with Gasteiger partial charge in [0.1, 0.15) is 11.8 Å². The van der Waals surface area contributed by atoms with Crippen molar-refractivity contribution in [1.82, 2.24) is 15.1 Å². The van der Waals surface area contributed by atoms with Gasteiger partial charge >= 0.3 is 0 Å². The molecule has 0 saturated carbocycles. The fraction of sp³-hybridized carbons (Fsp3) is 0.438. The number of fused-ring (bicyclic) bond motifs is 3. The molecule has 0 unspecified atom stereocenters. The molecule has 4 heterocycles. The van der Waals surface area contributed by atoms with Crippen LogP contribution in [-0.2, 0) is 35.4 Å². The van der Waals surface area contributed by atoms with Crippen LogP contribution in [0.1, 0.15) is 99.7 Å². The number of piperidine rings is 2. The summed E-state index contributed by atoms with van der Waals surface area (Å²) < 4.78 is 0. The Morgan fingerprint density at radius 2 is 1.39 bits per heavy atom. The summed E-state index contributed by atoms with van der Waals surface area (Å²) in [5.74, 6) is 1.00. The smallest absolute Gasteiger partial charge is 0.255 e. The first-order valence-corrected chi connectivity index (χ1v) is 21.4. The molecule has 4 aromatic rings. The minimum atomic E-state index is -0.585. The van der Waals surface area contributed by atoms with E-state index in [2.05, 4.69) is 80.7 Å². The number of phenols is 1. The van der Waals surface area contributed by atoms with E-state index in [0.717, 1.165) is 69.9 Å². The molecule has 2 aliphatic carbocycles. The summed E-state index contributed by atoms with van der Waals surface area (Å²) >= 11 is 0. The molecule has 57 heavy (non-hydrogen) atoms. The van der Waals surface area contributed by atoms with Crippen LogP contribution in [0.25, 0.3) is 0 Å². The first-order chi connectivity index (χ1) is 27.8. The molecule has 0 radical (unpaired) electrons. The Morgan fingerprint density at radius 1 is 0.632 bits per heavy atom. The highest BCUT2D eigenvalue weighted by Gasteiger charge is 2.39. The van der Waals surface area contributed by atoms with E-state index in [1.165, 1.54) is 65.6 Å². The van der Waals surface area contributed by atoms with Gasteiger partial charge in [-0.15, -0.1) is 0 Å². The van der Waals surface area contributed by atoms with Gasteiger partial charge < -0.3 is 19.8 Å². The van der Waals surface area contributed by atoms with Crippen molar-refractivity contribution in [3.63, 3.8) is 0 Å². The Morgan fingerprint density at radius 3 is 2.19 bits per heavy atom. The van der Waals surface area contributed by atoms with E-state index >= 15 is 0 Å². The third kappa shape index (κ3) is 6.98. The zero-order valence-electron chi connectivity index (χ0n) is 32.8. The molecule has 4 aromatic carbocycles. The number of carbonyl (C=O) groups is 3. The third-order valence-corrected chi connectivity index (χ3v) is 14.1. The van der Waals surface area contributed by atoms with Gasteiger partial charge in [-0.1, -0.05) is 36.4 Å². The Bertz CT molecular complexity index is 2200. The number of carbonyl (C=O) groups excluding carboxylic acids is 3. The number of hydrogen-bond donors (Lipinski definition) is 2. The molecular formula is C48H53N5O4. The summed E-state index contributed by atoms with van der Waals surface area (Å²) in [6, 6.07) is 28.3. The number of phenolic OH excluding ortho intramolecular Hbond substituents is 1. The van der Waals surface area contributed by atoms with Gasteiger partial charge in [-0.2, -0.15) is 0 Å². The number of piperazine rings is 1.